The molecular formula is C40H76N16O12. The van der Waals surface area contributed by atoms with E-state index in [9.17, 15) is 58.2 Å². The van der Waals surface area contributed by atoms with Crippen molar-refractivity contribution >= 4 is 59.1 Å². The van der Waals surface area contributed by atoms with E-state index in [-0.39, 0.29) is 77.2 Å². The van der Waals surface area contributed by atoms with E-state index in [1.807, 2.05) is 0 Å². The number of amides is 10. The molecule has 24 N–H and O–H groups in total. The largest absolute Gasteiger partial charge is 0.391 e. The molecule has 0 aromatic carbocycles. The molecule has 68 heavy (non-hydrogen) atoms. The van der Waals surface area contributed by atoms with Gasteiger partial charge in [0.2, 0.25) is 59.1 Å². The third-order valence-electron chi connectivity index (χ3n) is 10.4. The maximum absolute atomic E-state index is 14.0. The molecular weight excluding hydrogens is 897 g/mol. The maximum Gasteiger partial charge on any atom is 0.245 e. The zero-order chi connectivity index (χ0) is 51.7. The van der Waals surface area contributed by atoms with Crippen molar-refractivity contribution in [2.24, 2.45) is 40.3 Å². The summed E-state index contributed by atoms with van der Waals surface area (Å²) < 4.78 is 0. The van der Waals surface area contributed by atoms with E-state index in [1.165, 1.54) is 13.8 Å². The molecule has 0 unspecified atom stereocenters. The van der Waals surface area contributed by atoms with E-state index < -0.39 is 145 Å². The highest BCUT2D eigenvalue weighted by atomic mass is 16.3. The van der Waals surface area contributed by atoms with E-state index in [0.29, 0.717) is 0 Å². The normalized spacial score (nSPS) is 24.2. The number of aliphatic hydroxyl groups is 2. The van der Waals surface area contributed by atoms with Crippen LogP contribution >= 0.6 is 0 Å². The van der Waals surface area contributed by atoms with Crippen LogP contribution in [0.4, 0.5) is 0 Å². The minimum absolute atomic E-state index is 0.0527. The summed E-state index contributed by atoms with van der Waals surface area (Å²) in [4.78, 5) is 135. The molecule has 0 aromatic rings. The summed E-state index contributed by atoms with van der Waals surface area (Å²) in [5.74, 6) is -9.28. The number of hydrogen-bond donors (Lipinski definition) is 18. The molecule has 11 atom stereocenters. The van der Waals surface area contributed by atoms with Gasteiger partial charge in [-0.15, -0.1) is 0 Å². The van der Waals surface area contributed by atoms with E-state index in [0.717, 1.165) is 0 Å². The van der Waals surface area contributed by atoms with Crippen LogP contribution in [0.3, 0.4) is 0 Å². The molecule has 28 heteroatoms. The summed E-state index contributed by atoms with van der Waals surface area (Å²) in [6.45, 7) is 4.31. The highest BCUT2D eigenvalue weighted by Crippen LogP contribution is 2.08. The van der Waals surface area contributed by atoms with Crippen molar-refractivity contribution < 1.29 is 58.2 Å². The fourth-order valence-electron chi connectivity index (χ4n) is 6.69. The molecule has 1 rings (SSSR count). The zero-order valence-corrected chi connectivity index (χ0v) is 39.3. The predicted octanol–water partition coefficient (Wildman–Crippen LogP) is -9.62. The fraction of sp³-hybridized carbons (Fsp3) is 0.750. The van der Waals surface area contributed by atoms with Gasteiger partial charge in [-0.05, 0) is 97.4 Å². The molecule has 1 heterocycles. The summed E-state index contributed by atoms with van der Waals surface area (Å²) in [5.41, 5.74) is 34.3. The smallest absolute Gasteiger partial charge is 0.245 e. The lowest BCUT2D eigenvalue weighted by Crippen LogP contribution is -2.61. The monoisotopic (exact) mass is 973 g/mol. The van der Waals surface area contributed by atoms with Crippen LogP contribution in [0.15, 0.2) is 0 Å². The summed E-state index contributed by atoms with van der Waals surface area (Å²) in [5, 5.41) is 45.4. The lowest BCUT2D eigenvalue weighted by molar-refractivity contribution is -0.136. The van der Waals surface area contributed by atoms with Gasteiger partial charge in [-0.2, -0.15) is 0 Å². The van der Waals surface area contributed by atoms with Crippen molar-refractivity contribution in [2.75, 3.05) is 45.8 Å². The average Bonchev–Trinajstić information content (AvgIpc) is 3.26. The SMILES string of the molecule is CC(C)C[C@@H]1NC(=O)CNC(=O)[C@H](CCN)NC(=O)[C@@H](NC(=O)[C@H](CCN)NC(=O)[C@@H](NC(=O)[C@@H](N)CCN)[C@@H](C)O)CCNC(=O)[C@H]([C@@H](C)O)NC(=O)[C@H](CCN)NC(=O)[C@H](CCN)NC1=O. The van der Waals surface area contributed by atoms with Crippen molar-refractivity contribution in [3.05, 3.63) is 0 Å². The van der Waals surface area contributed by atoms with Gasteiger partial charge in [0, 0.05) is 6.54 Å². The van der Waals surface area contributed by atoms with Gasteiger partial charge < -0.3 is 97.8 Å². The number of rotatable bonds is 20. The van der Waals surface area contributed by atoms with Crippen LogP contribution in [0.25, 0.3) is 0 Å². The van der Waals surface area contributed by atoms with Gasteiger partial charge in [-0.25, -0.2) is 0 Å². The summed E-state index contributed by atoms with van der Waals surface area (Å²) >= 11 is 0. The van der Waals surface area contributed by atoms with E-state index >= 15 is 0 Å². The first kappa shape index (κ1) is 60.4. The molecule has 0 radical (unpaired) electrons. The van der Waals surface area contributed by atoms with Crippen LogP contribution in [0.2, 0.25) is 0 Å². The van der Waals surface area contributed by atoms with Gasteiger partial charge in [0.05, 0.1) is 24.8 Å². The Morgan fingerprint density at radius 1 is 0.603 bits per heavy atom. The van der Waals surface area contributed by atoms with Crippen molar-refractivity contribution in [1.82, 2.24) is 53.2 Å². The quantitative estimate of drug-likeness (QED) is 0.0539. The molecule has 0 aliphatic carbocycles. The zero-order valence-electron chi connectivity index (χ0n) is 39.3. The number of aliphatic hydroxyl groups excluding tert-OH is 2. The second-order valence-corrected chi connectivity index (χ2v) is 16.8. The van der Waals surface area contributed by atoms with Crippen LogP contribution in [-0.2, 0) is 47.9 Å². The van der Waals surface area contributed by atoms with Gasteiger partial charge in [-0.1, -0.05) is 13.8 Å². The number of hydrogen-bond acceptors (Lipinski definition) is 18. The first-order valence-corrected chi connectivity index (χ1v) is 22.6. The van der Waals surface area contributed by atoms with E-state index in [1.54, 1.807) is 13.8 Å². The second kappa shape index (κ2) is 31.4. The third-order valence-corrected chi connectivity index (χ3v) is 10.4. The first-order valence-electron chi connectivity index (χ1n) is 22.6. The number of carbonyl (C=O) groups is 10. The van der Waals surface area contributed by atoms with Crippen molar-refractivity contribution in [3.8, 4) is 0 Å². The fourth-order valence-corrected chi connectivity index (χ4v) is 6.69. The minimum atomic E-state index is -1.66. The van der Waals surface area contributed by atoms with Gasteiger partial charge >= 0.3 is 0 Å². The standard InChI is InChI=1S/C40H76N16O12/c1-19(2)17-28-38(66)52-24(7-13-43)34(62)51-26(9-15-45)37(65)56-30(20(3)57)39(67)47-16-10-27(36(64)50-23(6-12-42)33(61)48-18-29(59)49-28)53-35(63)25(8-14-44)54-40(68)31(21(4)58)55-32(60)22(46)5-11-41/h19-28,30-31,57-58H,5-18,41-46H2,1-4H3,(H,47,67)(H,48,61)(H,49,59)(H,50,64)(H,51,62)(H,52,66)(H,53,63)(H,54,68)(H,55,60)(H,56,65)/t20-,21-,22+,23+,24+,25+,26+,27+,28+,30+,31+/m1/s1. The second-order valence-electron chi connectivity index (χ2n) is 16.8. The summed E-state index contributed by atoms with van der Waals surface area (Å²) in [6, 6.07) is -12.8. The van der Waals surface area contributed by atoms with Gasteiger partial charge in [0.15, 0.2) is 0 Å². The topological polar surface area (TPSA) is 488 Å². The molecule has 0 aromatic heterocycles. The Bertz CT molecular complexity index is 1710. The van der Waals surface area contributed by atoms with Crippen molar-refractivity contribution in [1.29, 1.82) is 0 Å². The molecule has 0 bridgehead atoms. The molecule has 1 fully saturated rings. The Balaban J connectivity index is 3.71. The molecule has 1 aliphatic heterocycles. The molecule has 1 saturated heterocycles. The summed E-state index contributed by atoms with van der Waals surface area (Å²) in [7, 11) is 0. The highest BCUT2D eigenvalue weighted by molar-refractivity contribution is 5.98. The lowest BCUT2D eigenvalue weighted by atomic mass is 10.0. The third kappa shape index (κ3) is 21.1. The molecule has 0 saturated carbocycles. The summed E-state index contributed by atoms with van der Waals surface area (Å²) in [6.07, 6.45) is -3.98. The molecule has 28 nitrogen and oxygen atoms in total. The molecule has 0 spiro atoms. The van der Waals surface area contributed by atoms with Crippen LogP contribution < -0.4 is 87.6 Å². The Kier molecular flexibility index (Phi) is 27.9. The molecule has 388 valence electrons. The van der Waals surface area contributed by atoms with Crippen molar-refractivity contribution in [2.45, 2.75) is 139 Å². The minimum Gasteiger partial charge on any atom is -0.391 e. The highest BCUT2D eigenvalue weighted by Gasteiger charge is 2.36. The van der Waals surface area contributed by atoms with Gasteiger partial charge in [0.1, 0.15) is 48.3 Å². The number of carbonyl (C=O) groups excluding carboxylic acids is 10. The van der Waals surface area contributed by atoms with Crippen LogP contribution in [-0.4, -0.2) is 182 Å². The Labute approximate surface area is 395 Å². The molecule has 10 amide bonds. The maximum atomic E-state index is 14.0. The molecule has 1 aliphatic rings. The Morgan fingerprint density at radius 2 is 1.12 bits per heavy atom. The van der Waals surface area contributed by atoms with Crippen molar-refractivity contribution in [3.63, 3.8) is 0 Å². The van der Waals surface area contributed by atoms with E-state index in [4.69, 9.17) is 34.4 Å². The first-order chi connectivity index (χ1) is 32.0. The number of nitrogens with two attached hydrogens (primary N) is 6. The average molecular weight is 973 g/mol. The van der Waals surface area contributed by atoms with Gasteiger partial charge in [-0.3, -0.25) is 47.9 Å². The van der Waals surface area contributed by atoms with Crippen LogP contribution in [0, 0.1) is 5.92 Å². The van der Waals surface area contributed by atoms with Crippen LogP contribution in [0.1, 0.15) is 72.6 Å². The Hall–Kier alpha value is -5.62. The van der Waals surface area contributed by atoms with Crippen LogP contribution in [0.5, 0.6) is 0 Å². The Morgan fingerprint density at radius 3 is 1.62 bits per heavy atom. The predicted molar refractivity (Wildman–Crippen MR) is 245 cm³/mol. The lowest BCUT2D eigenvalue weighted by Gasteiger charge is -2.28. The van der Waals surface area contributed by atoms with Gasteiger partial charge in [0.25, 0.3) is 0 Å². The van der Waals surface area contributed by atoms with E-state index in [2.05, 4.69) is 53.2 Å². The number of nitrogens with one attached hydrogen (secondary N) is 10.